The zero-order chi connectivity index (χ0) is 21.8. The lowest BCUT2D eigenvalue weighted by Gasteiger charge is -2.22. The quantitative estimate of drug-likeness (QED) is 0.483. The van der Waals surface area contributed by atoms with Crippen LogP contribution in [0.1, 0.15) is 60.5 Å². The van der Waals surface area contributed by atoms with Crippen LogP contribution in [0.4, 0.5) is 13.2 Å². The van der Waals surface area contributed by atoms with Gasteiger partial charge in [0.05, 0.1) is 23.0 Å². The molecule has 1 fully saturated rings. The molecule has 0 saturated heterocycles. The van der Waals surface area contributed by atoms with Gasteiger partial charge >= 0.3 is 6.36 Å². The van der Waals surface area contributed by atoms with Gasteiger partial charge < -0.3 is 4.74 Å². The molecule has 0 aliphatic heterocycles. The zero-order valence-electron chi connectivity index (χ0n) is 16.9. The Morgan fingerprint density at radius 1 is 1.00 bits per heavy atom. The molecule has 1 heterocycles. The van der Waals surface area contributed by atoms with Crippen molar-refractivity contribution in [2.75, 3.05) is 0 Å². The molecule has 0 atom stereocenters. The number of hydrogen-bond donors (Lipinski definition) is 0. The van der Waals surface area contributed by atoms with Gasteiger partial charge in [-0.2, -0.15) is 10.4 Å². The largest absolute Gasteiger partial charge is 0.573 e. The van der Waals surface area contributed by atoms with E-state index in [0.717, 1.165) is 29.8 Å². The van der Waals surface area contributed by atoms with Gasteiger partial charge in [0.1, 0.15) is 5.75 Å². The number of nitriles is 1. The number of benzene rings is 2. The molecule has 0 radical (unpaired) electrons. The summed E-state index contributed by atoms with van der Waals surface area (Å²) in [5, 5.41) is 13.8. The molecule has 4 rings (SSSR count). The molecular formula is C24H22F3N3O. The topological polar surface area (TPSA) is 50.8 Å². The van der Waals surface area contributed by atoms with Crippen molar-refractivity contribution in [1.29, 1.82) is 5.26 Å². The molecule has 31 heavy (non-hydrogen) atoms. The van der Waals surface area contributed by atoms with Gasteiger partial charge in [0.2, 0.25) is 0 Å². The fraction of sp³-hybridized carbons (Fsp3) is 0.333. The minimum atomic E-state index is -4.71. The van der Waals surface area contributed by atoms with Crippen LogP contribution in [0.2, 0.25) is 0 Å². The summed E-state index contributed by atoms with van der Waals surface area (Å²) in [6, 6.07) is 17.5. The van der Waals surface area contributed by atoms with Gasteiger partial charge in [0, 0.05) is 18.0 Å². The maximum atomic E-state index is 12.5. The van der Waals surface area contributed by atoms with E-state index < -0.39 is 6.36 Å². The van der Waals surface area contributed by atoms with Crippen LogP contribution in [0.25, 0.3) is 5.69 Å². The van der Waals surface area contributed by atoms with E-state index in [2.05, 4.69) is 16.9 Å². The average Bonchev–Trinajstić information content (AvgIpc) is 3.18. The first kappa shape index (κ1) is 21.0. The van der Waals surface area contributed by atoms with Gasteiger partial charge in [-0.25, -0.2) is 4.68 Å². The number of aromatic nitrogens is 2. The summed E-state index contributed by atoms with van der Waals surface area (Å²) in [4.78, 5) is 0. The van der Waals surface area contributed by atoms with Gasteiger partial charge in [-0.15, -0.1) is 13.2 Å². The SMILES string of the molecule is N#Cc1ccc(Cc2cc(C3CCCCC3)n(-c3ccc(OC(F)(F)F)cc3)n2)cc1. The number of nitrogens with zero attached hydrogens (tertiary/aromatic N) is 3. The van der Waals surface area contributed by atoms with Crippen molar-refractivity contribution in [2.45, 2.75) is 50.8 Å². The van der Waals surface area contributed by atoms with E-state index in [-0.39, 0.29) is 5.75 Å². The molecule has 1 aliphatic carbocycles. The molecule has 1 aliphatic rings. The van der Waals surface area contributed by atoms with Gasteiger partial charge in [-0.05, 0) is 60.9 Å². The van der Waals surface area contributed by atoms with Crippen LogP contribution in [-0.2, 0) is 6.42 Å². The van der Waals surface area contributed by atoms with Crippen molar-refractivity contribution in [1.82, 2.24) is 9.78 Å². The second kappa shape index (κ2) is 8.84. The van der Waals surface area contributed by atoms with Crippen LogP contribution in [0.3, 0.4) is 0 Å². The minimum Gasteiger partial charge on any atom is -0.406 e. The fourth-order valence-corrected chi connectivity index (χ4v) is 4.12. The summed E-state index contributed by atoms with van der Waals surface area (Å²) in [6.07, 6.45) is 1.63. The van der Waals surface area contributed by atoms with Crippen molar-refractivity contribution in [3.05, 3.63) is 77.1 Å². The van der Waals surface area contributed by atoms with Gasteiger partial charge in [0.15, 0.2) is 0 Å². The van der Waals surface area contributed by atoms with Crippen molar-refractivity contribution >= 4 is 0 Å². The van der Waals surface area contributed by atoms with Crippen LogP contribution < -0.4 is 4.74 Å². The number of rotatable bonds is 5. The Balaban J connectivity index is 1.63. The molecule has 4 nitrogen and oxygen atoms in total. The average molecular weight is 425 g/mol. The predicted octanol–water partition coefficient (Wildman–Crippen LogP) is 6.28. The molecule has 2 aromatic carbocycles. The molecule has 7 heteroatoms. The van der Waals surface area contributed by atoms with Gasteiger partial charge in [-0.1, -0.05) is 31.4 Å². The van der Waals surface area contributed by atoms with E-state index in [1.165, 1.54) is 31.4 Å². The Bertz CT molecular complexity index is 1060. The maximum Gasteiger partial charge on any atom is 0.573 e. The second-order valence-corrected chi connectivity index (χ2v) is 7.83. The van der Waals surface area contributed by atoms with Crippen molar-refractivity contribution in [2.24, 2.45) is 0 Å². The number of hydrogen-bond acceptors (Lipinski definition) is 3. The first-order chi connectivity index (χ1) is 14.9. The highest BCUT2D eigenvalue weighted by molar-refractivity contribution is 5.40. The third kappa shape index (κ3) is 5.26. The van der Waals surface area contributed by atoms with E-state index in [4.69, 9.17) is 10.4 Å². The van der Waals surface area contributed by atoms with Crippen molar-refractivity contribution in [3.8, 4) is 17.5 Å². The summed E-state index contributed by atoms with van der Waals surface area (Å²) in [5.74, 6) is 0.127. The lowest BCUT2D eigenvalue weighted by atomic mass is 9.86. The standard InChI is InChI=1S/C24H22F3N3O/c25-24(26,27)31-22-12-10-21(11-13-22)30-23(19-4-2-1-3-5-19)15-20(29-30)14-17-6-8-18(16-28)9-7-17/h6-13,15,19H,1-5,14H2. The van der Waals surface area contributed by atoms with E-state index in [1.54, 1.807) is 24.3 Å². The van der Waals surface area contributed by atoms with E-state index in [0.29, 0.717) is 23.6 Å². The molecule has 0 unspecified atom stereocenters. The van der Waals surface area contributed by atoms with Crippen LogP contribution in [0.5, 0.6) is 5.75 Å². The summed E-state index contributed by atoms with van der Waals surface area (Å²) in [5.41, 5.74) is 4.35. The van der Waals surface area contributed by atoms with Crippen LogP contribution in [-0.4, -0.2) is 16.1 Å². The third-order valence-electron chi connectivity index (χ3n) is 5.59. The summed E-state index contributed by atoms with van der Waals surface area (Å²) in [7, 11) is 0. The number of halogens is 3. The molecule has 160 valence electrons. The zero-order valence-corrected chi connectivity index (χ0v) is 16.9. The normalized spacial score (nSPS) is 14.9. The molecule has 1 saturated carbocycles. The van der Waals surface area contributed by atoms with Crippen LogP contribution in [0, 0.1) is 11.3 Å². The van der Waals surface area contributed by atoms with E-state index in [1.807, 2.05) is 16.8 Å². The minimum absolute atomic E-state index is 0.250. The maximum absolute atomic E-state index is 12.5. The molecule has 0 amide bonds. The second-order valence-electron chi connectivity index (χ2n) is 7.83. The Hall–Kier alpha value is -3.27. The van der Waals surface area contributed by atoms with Crippen LogP contribution >= 0.6 is 0 Å². The molecule has 1 aromatic heterocycles. The highest BCUT2D eigenvalue weighted by Crippen LogP contribution is 2.35. The van der Waals surface area contributed by atoms with Crippen LogP contribution in [0.15, 0.2) is 54.6 Å². The first-order valence-electron chi connectivity index (χ1n) is 10.4. The molecule has 0 spiro atoms. The van der Waals surface area contributed by atoms with E-state index >= 15 is 0 Å². The number of ether oxygens (including phenoxy) is 1. The Labute approximate surface area is 178 Å². The summed E-state index contributed by atoms with van der Waals surface area (Å²) >= 11 is 0. The fourth-order valence-electron chi connectivity index (χ4n) is 4.12. The van der Waals surface area contributed by atoms with Gasteiger partial charge in [-0.3, -0.25) is 0 Å². The molecule has 0 N–H and O–H groups in total. The molecule has 3 aromatic rings. The summed E-state index contributed by atoms with van der Waals surface area (Å²) < 4.78 is 43.3. The monoisotopic (exact) mass is 425 g/mol. The first-order valence-corrected chi connectivity index (χ1v) is 10.4. The predicted molar refractivity (Wildman–Crippen MR) is 110 cm³/mol. The Morgan fingerprint density at radius 3 is 2.29 bits per heavy atom. The smallest absolute Gasteiger partial charge is 0.406 e. The third-order valence-corrected chi connectivity index (χ3v) is 5.59. The highest BCUT2D eigenvalue weighted by atomic mass is 19.4. The lowest BCUT2D eigenvalue weighted by molar-refractivity contribution is -0.274. The molecular weight excluding hydrogens is 403 g/mol. The Kier molecular flexibility index (Phi) is 5.99. The van der Waals surface area contributed by atoms with Crippen molar-refractivity contribution in [3.63, 3.8) is 0 Å². The molecule has 0 bridgehead atoms. The lowest BCUT2D eigenvalue weighted by Crippen LogP contribution is -2.17. The number of alkyl halides is 3. The van der Waals surface area contributed by atoms with E-state index in [9.17, 15) is 13.2 Å². The van der Waals surface area contributed by atoms with Gasteiger partial charge in [0.25, 0.3) is 0 Å². The Morgan fingerprint density at radius 2 is 1.68 bits per heavy atom. The summed E-state index contributed by atoms with van der Waals surface area (Å²) in [6.45, 7) is 0. The van der Waals surface area contributed by atoms with Crippen molar-refractivity contribution < 1.29 is 17.9 Å². The highest BCUT2D eigenvalue weighted by Gasteiger charge is 2.31.